The van der Waals surface area contributed by atoms with E-state index < -0.39 is 5.24 Å². The minimum Gasteiger partial charge on any atom is -0.465 e. The number of allylic oxidation sites excluding steroid dienone is 2. The lowest BCUT2D eigenvalue weighted by Crippen LogP contribution is -1.96. The first kappa shape index (κ1) is 23.8. The first-order valence-electron chi connectivity index (χ1n) is 10.8. The third-order valence-electron chi connectivity index (χ3n) is 4.70. The number of hydrogen-bond donors (Lipinski definition) is 0. The molecular formula is C23H37ClO3. The number of ether oxygens (including phenoxy) is 1. The fourth-order valence-electron chi connectivity index (χ4n) is 3.02. The van der Waals surface area contributed by atoms with E-state index in [0.717, 1.165) is 12.8 Å². The number of furan rings is 1. The first-order valence-corrected chi connectivity index (χ1v) is 11.2. The molecule has 0 atom stereocenters. The molecule has 0 radical (unpaired) electrons. The summed E-state index contributed by atoms with van der Waals surface area (Å²) in [5.41, 5.74) is 0.340. The van der Waals surface area contributed by atoms with Gasteiger partial charge in [-0.15, -0.1) is 0 Å². The Morgan fingerprint density at radius 1 is 0.926 bits per heavy atom. The lowest BCUT2D eigenvalue weighted by Gasteiger charge is -2.02. The van der Waals surface area contributed by atoms with Crippen LogP contribution in [-0.4, -0.2) is 11.8 Å². The molecule has 0 aliphatic rings. The predicted octanol–water partition coefficient (Wildman–Crippen LogP) is 8.07. The summed E-state index contributed by atoms with van der Waals surface area (Å²) in [5.74, 6) is 0.367. The van der Waals surface area contributed by atoms with Crippen LogP contribution in [0.4, 0.5) is 0 Å². The van der Waals surface area contributed by atoms with E-state index in [2.05, 4.69) is 19.1 Å². The van der Waals surface area contributed by atoms with Crippen molar-refractivity contribution in [3.05, 3.63) is 30.0 Å². The zero-order valence-electron chi connectivity index (χ0n) is 17.0. The molecular weight excluding hydrogens is 360 g/mol. The van der Waals surface area contributed by atoms with Crippen molar-refractivity contribution in [2.45, 2.75) is 96.8 Å². The molecule has 4 heteroatoms. The van der Waals surface area contributed by atoms with Crippen molar-refractivity contribution in [1.82, 2.24) is 0 Å². The number of unbranched alkanes of at least 4 members (excludes halogenated alkanes) is 12. The van der Waals surface area contributed by atoms with Crippen molar-refractivity contribution in [2.24, 2.45) is 0 Å². The van der Waals surface area contributed by atoms with Crippen LogP contribution in [0.25, 0.3) is 0 Å². The zero-order chi connectivity index (χ0) is 19.6. The Kier molecular flexibility index (Phi) is 14.9. The summed E-state index contributed by atoms with van der Waals surface area (Å²) >= 11 is 5.37. The van der Waals surface area contributed by atoms with Gasteiger partial charge in [-0.1, -0.05) is 76.9 Å². The molecule has 154 valence electrons. The van der Waals surface area contributed by atoms with E-state index in [1.54, 1.807) is 0 Å². The largest absolute Gasteiger partial charge is 0.465 e. The molecule has 1 aromatic rings. The molecule has 0 saturated carbocycles. The van der Waals surface area contributed by atoms with Crippen LogP contribution in [0.1, 0.15) is 107 Å². The monoisotopic (exact) mass is 396 g/mol. The van der Waals surface area contributed by atoms with E-state index in [9.17, 15) is 4.79 Å². The Balaban J connectivity index is 1.81. The minimum absolute atomic E-state index is 0.340. The second kappa shape index (κ2) is 16.9. The molecule has 0 amide bonds. The third-order valence-corrected chi connectivity index (χ3v) is 4.92. The summed E-state index contributed by atoms with van der Waals surface area (Å²) in [5, 5.41) is -0.522. The Bertz CT molecular complexity index is 507. The summed E-state index contributed by atoms with van der Waals surface area (Å²) in [6.45, 7) is 2.88. The van der Waals surface area contributed by atoms with Crippen LogP contribution in [-0.2, 0) is 0 Å². The molecule has 3 nitrogen and oxygen atoms in total. The fourth-order valence-corrected chi connectivity index (χ4v) is 3.12. The maximum atomic E-state index is 10.9. The van der Waals surface area contributed by atoms with Crippen molar-refractivity contribution in [1.29, 1.82) is 0 Å². The van der Waals surface area contributed by atoms with Gasteiger partial charge in [-0.2, -0.15) is 0 Å². The van der Waals surface area contributed by atoms with Gasteiger partial charge in [-0.25, -0.2) is 0 Å². The summed E-state index contributed by atoms with van der Waals surface area (Å²) in [4.78, 5) is 10.9. The number of rotatable bonds is 18. The average molecular weight is 397 g/mol. The summed E-state index contributed by atoms with van der Waals surface area (Å²) in [6, 6.07) is 1.54. The minimum atomic E-state index is -0.522. The highest BCUT2D eigenvalue weighted by Crippen LogP contribution is 2.18. The Labute approximate surface area is 170 Å². The number of carbonyl (C=O) groups is 1. The Hall–Kier alpha value is -1.22. The highest BCUT2D eigenvalue weighted by Gasteiger charge is 2.07. The molecule has 0 spiro atoms. The topological polar surface area (TPSA) is 39.4 Å². The van der Waals surface area contributed by atoms with Crippen LogP contribution in [0, 0.1) is 0 Å². The van der Waals surface area contributed by atoms with Crippen LogP contribution in [0.3, 0.4) is 0 Å². The maximum absolute atomic E-state index is 10.9. The maximum Gasteiger partial charge on any atom is 0.284 e. The van der Waals surface area contributed by atoms with E-state index in [-0.39, 0.29) is 0 Å². The van der Waals surface area contributed by atoms with Gasteiger partial charge in [0, 0.05) is 6.07 Å². The highest BCUT2D eigenvalue weighted by atomic mass is 35.5. The van der Waals surface area contributed by atoms with Crippen molar-refractivity contribution in [3.8, 4) is 5.95 Å². The van der Waals surface area contributed by atoms with Crippen molar-refractivity contribution >= 4 is 16.8 Å². The van der Waals surface area contributed by atoms with E-state index in [1.165, 1.54) is 89.4 Å². The van der Waals surface area contributed by atoms with Gasteiger partial charge < -0.3 is 9.15 Å². The molecule has 0 aliphatic heterocycles. The van der Waals surface area contributed by atoms with Crippen LogP contribution < -0.4 is 4.74 Å². The number of halogens is 1. The third kappa shape index (κ3) is 13.6. The molecule has 0 aliphatic carbocycles. The molecule has 1 heterocycles. The average Bonchev–Trinajstić information content (AvgIpc) is 3.13. The standard InChI is InChI=1S/C23H37ClO3/c1-2-3-4-5-6-7-8-9-10-11-12-13-14-15-16-17-18-26-22-19-21(20-27-22)23(24)25/h9-10,19-20H,2-8,11-18H2,1H3/b10-9+. The van der Waals surface area contributed by atoms with Crippen LogP contribution in [0.5, 0.6) is 5.95 Å². The molecule has 0 fully saturated rings. The van der Waals surface area contributed by atoms with Crippen LogP contribution in [0.2, 0.25) is 0 Å². The van der Waals surface area contributed by atoms with Gasteiger partial charge in [0.15, 0.2) is 0 Å². The molecule has 1 aromatic heterocycles. The van der Waals surface area contributed by atoms with Gasteiger partial charge in [-0.3, -0.25) is 4.79 Å². The van der Waals surface area contributed by atoms with E-state index in [0.29, 0.717) is 18.1 Å². The lowest BCUT2D eigenvalue weighted by atomic mass is 10.1. The zero-order valence-corrected chi connectivity index (χ0v) is 17.8. The Morgan fingerprint density at radius 3 is 2.04 bits per heavy atom. The van der Waals surface area contributed by atoms with Crippen molar-refractivity contribution in [3.63, 3.8) is 0 Å². The van der Waals surface area contributed by atoms with Gasteiger partial charge >= 0.3 is 0 Å². The van der Waals surface area contributed by atoms with Crippen molar-refractivity contribution < 1.29 is 13.9 Å². The molecule has 1 rings (SSSR count). The van der Waals surface area contributed by atoms with E-state index in [1.807, 2.05) is 0 Å². The normalized spacial score (nSPS) is 11.3. The molecule has 0 unspecified atom stereocenters. The lowest BCUT2D eigenvalue weighted by molar-refractivity contribution is 0.108. The van der Waals surface area contributed by atoms with Crippen molar-refractivity contribution in [2.75, 3.05) is 6.61 Å². The summed E-state index contributed by atoms with van der Waals surface area (Å²) < 4.78 is 10.6. The van der Waals surface area contributed by atoms with Crippen LogP contribution >= 0.6 is 11.6 Å². The second-order valence-corrected chi connectivity index (χ2v) is 7.56. The molecule has 0 bridgehead atoms. The number of hydrogen-bond acceptors (Lipinski definition) is 3. The number of carbonyl (C=O) groups excluding carboxylic acids is 1. The van der Waals surface area contributed by atoms with Gasteiger partial charge in [0.2, 0.25) is 0 Å². The molecule has 27 heavy (non-hydrogen) atoms. The van der Waals surface area contributed by atoms with Gasteiger partial charge in [0.1, 0.15) is 6.26 Å². The smallest absolute Gasteiger partial charge is 0.284 e. The van der Waals surface area contributed by atoms with E-state index in [4.69, 9.17) is 20.8 Å². The summed E-state index contributed by atoms with van der Waals surface area (Å²) in [6.07, 6.45) is 24.1. The predicted molar refractivity (Wildman–Crippen MR) is 114 cm³/mol. The SMILES string of the molecule is CCCCCCCC/C=C/CCCCCCCCOc1cc(C(=O)Cl)co1. The van der Waals surface area contributed by atoms with Gasteiger partial charge in [0.05, 0.1) is 12.2 Å². The second-order valence-electron chi connectivity index (χ2n) is 7.21. The quantitative estimate of drug-likeness (QED) is 0.143. The van der Waals surface area contributed by atoms with Gasteiger partial charge in [0.25, 0.3) is 11.2 Å². The first-order chi connectivity index (χ1) is 13.2. The molecule has 0 aromatic carbocycles. The Morgan fingerprint density at radius 2 is 1.48 bits per heavy atom. The molecule has 0 N–H and O–H groups in total. The van der Waals surface area contributed by atoms with Crippen LogP contribution in [0.15, 0.2) is 28.9 Å². The highest BCUT2D eigenvalue weighted by molar-refractivity contribution is 6.67. The summed E-state index contributed by atoms with van der Waals surface area (Å²) in [7, 11) is 0. The van der Waals surface area contributed by atoms with Gasteiger partial charge in [-0.05, 0) is 43.7 Å². The molecule has 0 saturated heterocycles. The van der Waals surface area contributed by atoms with E-state index >= 15 is 0 Å². The fraction of sp³-hybridized carbons (Fsp3) is 0.696.